The Morgan fingerprint density at radius 3 is 2.95 bits per heavy atom. The Bertz CT molecular complexity index is 742. The standard InChI is InChI=1S/C13H13Cl2N5OS/c1-8(12(21)19(2)5-3-4-16)22-13-18-17-11-10(15)6-9(14)7-20(11)13/h6-8H,3,5H2,1-2H3/t8-/m1/s1. The summed E-state index contributed by atoms with van der Waals surface area (Å²) in [6, 6.07) is 3.61. The van der Waals surface area contributed by atoms with Crippen LogP contribution in [-0.4, -0.2) is 44.2 Å². The number of hydrogen-bond donors (Lipinski definition) is 0. The van der Waals surface area contributed by atoms with E-state index in [0.29, 0.717) is 33.8 Å². The predicted octanol–water partition coefficient (Wildman–Crippen LogP) is 2.89. The van der Waals surface area contributed by atoms with Crippen molar-refractivity contribution in [2.24, 2.45) is 0 Å². The highest BCUT2D eigenvalue weighted by atomic mass is 35.5. The minimum absolute atomic E-state index is 0.0786. The van der Waals surface area contributed by atoms with E-state index >= 15 is 0 Å². The number of carbonyl (C=O) groups is 1. The van der Waals surface area contributed by atoms with Gasteiger partial charge in [0.25, 0.3) is 0 Å². The summed E-state index contributed by atoms with van der Waals surface area (Å²) < 4.78 is 1.66. The van der Waals surface area contributed by atoms with Gasteiger partial charge in [0.2, 0.25) is 5.91 Å². The first-order chi connectivity index (χ1) is 10.4. The second-order valence-corrected chi connectivity index (χ2v) is 6.76. The van der Waals surface area contributed by atoms with E-state index in [-0.39, 0.29) is 11.2 Å². The van der Waals surface area contributed by atoms with Crippen molar-refractivity contribution in [1.29, 1.82) is 5.26 Å². The fourth-order valence-electron chi connectivity index (χ4n) is 1.83. The lowest BCUT2D eigenvalue weighted by Crippen LogP contribution is -2.33. The molecule has 0 bridgehead atoms. The minimum Gasteiger partial charge on any atom is -0.344 e. The molecule has 2 aromatic rings. The van der Waals surface area contributed by atoms with Gasteiger partial charge in [-0.1, -0.05) is 35.0 Å². The highest BCUT2D eigenvalue weighted by molar-refractivity contribution is 8.00. The van der Waals surface area contributed by atoms with Gasteiger partial charge in [0, 0.05) is 19.8 Å². The van der Waals surface area contributed by atoms with Crippen LogP contribution < -0.4 is 0 Å². The molecular weight excluding hydrogens is 345 g/mol. The number of nitrogens with zero attached hydrogens (tertiary/aromatic N) is 5. The maximum atomic E-state index is 12.2. The van der Waals surface area contributed by atoms with Crippen LogP contribution in [0.25, 0.3) is 5.65 Å². The molecule has 6 nitrogen and oxygen atoms in total. The van der Waals surface area contributed by atoms with Crippen LogP contribution in [0.1, 0.15) is 13.3 Å². The minimum atomic E-state index is -0.367. The summed E-state index contributed by atoms with van der Waals surface area (Å²) >= 11 is 13.3. The monoisotopic (exact) mass is 357 g/mol. The van der Waals surface area contributed by atoms with E-state index in [1.54, 1.807) is 30.6 Å². The molecule has 0 fully saturated rings. The van der Waals surface area contributed by atoms with Crippen molar-refractivity contribution in [2.75, 3.05) is 13.6 Å². The second kappa shape index (κ2) is 7.18. The van der Waals surface area contributed by atoms with Crippen LogP contribution in [0.3, 0.4) is 0 Å². The molecule has 9 heteroatoms. The number of rotatable bonds is 5. The first-order valence-corrected chi connectivity index (χ1v) is 8.06. The molecule has 1 amide bonds. The predicted molar refractivity (Wildman–Crippen MR) is 86.2 cm³/mol. The van der Waals surface area contributed by atoms with Crippen molar-refractivity contribution in [3.05, 3.63) is 22.3 Å². The number of halogens is 2. The lowest BCUT2D eigenvalue weighted by molar-refractivity contribution is -0.128. The lowest BCUT2D eigenvalue weighted by Gasteiger charge is -2.19. The van der Waals surface area contributed by atoms with Crippen LogP contribution >= 0.6 is 35.0 Å². The van der Waals surface area contributed by atoms with Crippen LogP contribution in [0, 0.1) is 11.3 Å². The van der Waals surface area contributed by atoms with Crippen LogP contribution in [0.5, 0.6) is 0 Å². The number of pyridine rings is 1. The number of thioether (sulfide) groups is 1. The summed E-state index contributed by atoms with van der Waals surface area (Å²) in [4.78, 5) is 13.8. The van der Waals surface area contributed by atoms with Gasteiger partial charge >= 0.3 is 0 Å². The molecule has 2 aromatic heterocycles. The Morgan fingerprint density at radius 2 is 2.27 bits per heavy atom. The highest BCUT2D eigenvalue weighted by Crippen LogP contribution is 2.27. The molecule has 0 aliphatic heterocycles. The van der Waals surface area contributed by atoms with Crippen LogP contribution in [0.2, 0.25) is 10.0 Å². The number of carbonyl (C=O) groups excluding carboxylic acids is 1. The first kappa shape index (κ1) is 16.9. The van der Waals surface area contributed by atoms with Crippen molar-refractivity contribution in [1.82, 2.24) is 19.5 Å². The van der Waals surface area contributed by atoms with Gasteiger partial charge in [0.05, 0.1) is 27.8 Å². The average molecular weight is 358 g/mol. The smallest absolute Gasteiger partial charge is 0.235 e. The van der Waals surface area contributed by atoms with Gasteiger partial charge in [-0.05, 0) is 13.0 Å². The van der Waals surface area contributed by atoms with E-state index < -0.39 is 0 Å². The molecule has 0 aliphatic rings. The highest BCUT2D eigenvalue weighted by Gasteiger charge is 2.21. The van der Waals surface area contributed by atoms with Gasteiger partial charge in [0.15, 0.2) is 10.8 Å². The fourth-order valence-corrected chi connectivity index (χ4v) is 3.28. The van der Waals surface area contributed by atoms with Crippen molar-refractivity contribution < 1.29 is 4.79 Å². The SMILES string of the molecule is C[C@@H](Sc1nnc2c(Cl)cc(Cl)cn12)C(=O)N(C)CCC#N. The number of amides is 1. The zero-order valence-corrected chi connectivity index (χ0v) is 14.3. The van der Waals surface area contributed by atoms with Crippen molar-refractivity contribution in [3.63, 3.8) is 0 Å². The Kier molecular flexibility index (Phi) is 5.51. The lowest BCUT2D eigenvalue weighted by atomic mass is 10.3. The Balaban J connectivity index is 2.17. The number of aromatic nitrogens is 3. The first-order valence-electron chi connectivity index (χ1n) is 6.42. The summed E-state index contributed by atoms with van der Waals surface area (Å²) in [7, 11) is 1.67. The van der Waals surface area contributed by atoms with E-state index in [9.17, 15) is 4.79 Å². The van der Waals surface area contributed by atoms with Gasteiger partial charge in [-0.2, -0.15) is 5.26 Å². The second-order valence-electron chi connectivity index (χ2n) is 4.61. The zero-order valence-electron chi connectivity index (χ0n) is 12.0. The topological polar surface area (TPSA) is 74.3 Å². The van der Waals surface area contributed by atoms with E-state index in [1.165, 1.54) is 16.7 Å². The molecule has 1 atom stereocenters. The van der Waals surface area contributed by atoms with E-state index in [1.807, 2.05) is 6.07 Å². The maximum absolute atomic E-state index is 12.2. The Labute approximate surface area is 142 Å². The quantitative estimate of drug-likeness (QED) is 0.769. The molecule has 0 N–H and O–H groups in total. The van der Waals surface area contributed by atoms with Crippen LogP contribution in [0.15, 0.2) is 17.4 Å². The van der Waals surface area contributed by atoms with Gasteiger partial charge in [-0.25, -0.2) is 0 Å². The molecule has 2 rings (SSSR count). The van der Waals surface area contributed by atoms with E-state index in [0.717, 1.165) is 0 Å². The maximum Gasteiger partial charge on any atom is 0.235 e. The molecule has 0 unspecified atom stereocenters. The molecule has 0 saturated heterocycles. The molecule has 0 saturated carbocycles. The van der Waals surface area contributed by atoms with Gasteiger partial charge in [-0.3, -0.25) is 9.20 Å². The van der Waals surface area contributed by atoms with Gasteiger partial charge in [0.1, 0.15) is 0 Å². The van der Waals surface area contributed by atoms with Crippen LogP contribution in [-0.2, 0) is 4.79 Å². The van der Waals surface area contributed by atoms with Gasteiger partial charge in [-0.15, -0.1) is 10.2 Å². The summed E-state index contributed by atoms with van der Waals surface area (Å²) in [5, 5.41) is 17.7. The molecule has 2 heterocycles. The number of fused-ring (bicyclic) bond motifs is 1. The number of hydrogen-bond acceptors (Lipinski definition) is 5. The Morgan fingerprint density at radius 1 is 1.55 bits per heavy atom. The molecular formula is C13H13Cl2N5OS. The molecule has 0 radical (unpaired) electrons. The third kappa shape index (κ3) is 3.64. The molecule has 0 spiro atoms. The molecule has 22 heavy (non-hydrogen) atoms. The number of nitriles is 1. The van der Waals surface area contributed by atoms with E-state index in [2.05, 4.69) is 10.2 Å². The normalized spacial score (nSPS) is 12.1. The average Bonchev–Trinajstić information content (AvgIpc) is 2.87. The largest absolute Gasteiger partial charge is 0.344 e. The van der Waals surface area contributed by atoms with Crippen molar-refractivity contribution >= 4 is 46.5 Å². The molecule has 0 aromatic carbocycles. The fraction of sp³-hybridized carbons (Fsp3) is 0.385. The third-order valence-electron chi connectivity index (χ3n) is 2.96. The van der Waals surface area contributed by atoms with Crippen molar-refractivity contribution in [2.45, 2.75) is 23.8 Å². The summed E-state index contributed by atoms with van der Waals surface area (Å²) in [5.41, 5.74) is 0.492. The summed E-state index contributed by atoms with van der Waals surface area (Å²) in [6.45, 7) is 2.18. The summed E-state index contributed by atoms with van der Waals surface area (Å²) in [5.74, 6) is -0.0786. The van der Waals surface area contributed by atoms with E-state index in [4.69, 9.17) is 28.5 Å². The zero-order chi connectivity index (χ0) is 16.3. The third-order valence-corrected chi connectivity index (χ3v) is 4.49. The van der Waals surface area contributed by atoms with Gasteiger partial charge < -0.3 is 4.90 Å². The van der Waals surface area contributed by atoms with Crippen LogP contribution in [0.4, 0.5) is 0 Å². The molecule has 0 aliphatic carbocycles. The van der Waals surface area contributed by atoms with Crippen molar-refractivity contribution in [3.8, 4) is 6.07 Å². The molecule has 116 valence electrons. The summed E-state index contributed by atoms with van der Waals surface area (Å²) in [6.07, 6.45) is 1.96. The Hall–Kier alpha value is -1.49.